The predicted molar refractivity (Wildman–Crippen MR) is 90.2 cm³/mol. The van der Waals surface area contributed by atoms with Gasteiger partial charge in [-0.25, -0.2) is 4.98 Å². The number of aryl methyl sites for hydroxylation is 2. The maximum atomic E-state index is 4.90. The van der Waals surface area contributed by atoms with Gasteiger partial charge in [-0.3, -0.25) is 0 Å². The molecule has 112 valence electrons. The number of rotatable bonds is 5. The monoisotopic (exact) mass is 300 g/mol. The summed E-state index contributed by atoms with van der Waals surface area (Å²) in [6.07, 6.45) is 3.58. The Morgan fingerprint density at radius 1 is 1.38 bits per heavy atom. The van der Waals surface area contributed by atoms with Crippen LogP contribution >= 0.6 is 11.3 Å². The second-order valence-electron chi connectivity index (χ2n) is 5.97. The number of aromatic nitrogens is 1. The molecular weight excluding hydrogens is 276 g/mol. The van der Waals surface area contributed by atoms with E-state index in [-0.39, 0.29) is 0 Å². The minimum atomic E-state index is 0.410. The number of hydrogen-bond donors (Lipinski definition) is 1. The average Bonchev–Trinajstić information content (AvgIpc) is 3.08. The Labute approximate surface area is 131 Å². The van der Waals surface area contributed by atoms with Crippen LogP contribution in [0.15, 0.2) is 24.3 Å². The van der Waals surface area contributed by atoms with E-state index in [1.807, 2.05) is 11.3 Å². The Bertz CT molecular complexity index is 617. The van der Waals surface area contributed by atoms with E-state index in [4.69, 9.17) is 4.98 Å². The SMILES string of the molecule is CCCNC(C)c1sc(C2CCc3ccccc32)nc1C. The Morgan fingerprint density at radius 3 is 3.00 bits per heavy atom. The Hall–Kier alpha value is -1.19. The van der Waals surface area contributed by atoms with Gasteiger partial charge >= 0.3 is 0 Å². The van der Waals surface area contributed by atoms with E-state index in [1.54, 1.807) is 0 Å². The number of thiazole rings is 1. The first-order chi connectivity index (χ1) is 10.2. The lowest BCUT2D eigenvalue weighted by Crippen LogP contribution is -2.18. The molecule has 0 bridgehead atoms. The quantitative estimate of drug-likeness (QED) is 0.873. The van der Waals surface area contributed by atoms with Crippen LogP contribution in [0, 0.1) is 6.92 Å². The third-order valence-electron chi connectivity index (χ3n) is 4.37. The normalized spacial score (nSPS) is 18.7. The summed E-state index contributed by atoms with van der Waals surface area (Å²) in [7, 11) is 0. The summed E-state index contributed by atoms with van der Waals surface area (Å²) < 4.78 is 0. The van der Waals surface area contributed by atoms with Gasteiger partial charge in [-0.05, 0) is 50.8 Å². The molecule has 3 heteroatoms. The summed E-state index contributed by atoms with van der Waals surface area (Å²) in [6.45, 7) is 7.68. The third kappa shape index (κ3) is 2.90. The molecule has 1 aromatic carbocycles. The molecule has 0 saturated heterocycles. The molecule has 2 aromatic rings. The van der Waals surface area contributed by atoms with Crippen LogP contribution in [-0.2, 0) is 6.42 Å². The molecule has 0 amide bonds. The number of benzene rings is 1. The van der Waals surface area contributed by atoms with Crippen LogP contribution in [-0.4, -0.2) is 11.5 Å². The Kier molecular flexibility index (Phi) is 4.41. The lowest BCUT2D eigenvalue weighted by molar-refractivity contribution is 0.575. The maximum Gasteiger partial charge on any atom is 0.101 e. The summed E-state index contributed by atoms with van der Waals surface area (Å²) in [5.41, 5.74) is 4.21. The van der Waals surface area contributed by atoms with Crippen molar-refractivity contribution in [3.8, 4) is 0 Å². The predicted octanol–water partition coefficient (Wildman–Crippen LogP) is 4.59. The van der Waals surface area contributed by atoms with Crippen molar-refractivity contribution in [3.05, 3.63) is 51.0 Å². The van der Waals surface area contributed by atoms with Crippen molar-refractivity contribution < 1.29 is 0 Å². The minimum absolute atomic E-state index is 0.410. The molecule has 0 fully saturated rings. The fourth-order valence-electron chi connectivity index (χ4n) is 3.25. The number of fused-ring (bicyclic) bond motifs is 1. The fraction of sp³-hybridized carbons (Fsp3) is 0.500. The molecule has 2 nitrogen and oxygen atoms in total. The highest BCUT2D eigenvalue weighted by Crippen LogP contribution is 2.41. The van der Waals surface area contributed by atoms with Crippen LogP contribution in [0.4, 0.5) is 0 Å². The van der Waals surface area contributed by atoms with Crippen molar-refractivity contribution >= 4 is 11.3 Å². The van der Waals surface area contributed by atoms with Gasteiger partial charge in [0.2, 0.25) is 0 Å². The number of nitrogens with one attached hydrogen (secondary N) is 1. The molecule has 1 heterocycles. The smallest absolute Gasteiger partial charge is 0.101 e. The first-order valence-electron chi connectivity index (χ1n) is 7.99. The van der Waals surface area contributed by atoms with Crippen LogP contribution < -0.4 is 5.32 Å². The summed E-state index contributed by atoms with van der Waals surface area (Å²) in [6, 6.07) is 9.26. The van der Waals surface area contributed by atoms with Crippen molar-refractivity contribution in [1.29, 1.82) is 0 Å². The number of nitrogens with zero attached hydrogens (tertiary/aromatic N) is 1. The van der Waals surface area contributed by atoms with Gasteiger partial charge in [0, 0.05) is 16.8 Å². The van der Waals surface area contributed by atoms with E-state index >= 15 is 0 Å². The highest BCUT2D eigenvalue weighted by Gasteiger charge is 2.27. The molecule has 21 heavy (non-hydrogen) atoms. The molecule has 1 N–H and O–H groups in total. The first-order valence-corrected chi connectivity index (χ1v) is 8.80. The van der Waals surface area contributed by atoms with E-state index in [2.05, 4.69) is 50.4 Å². The highest BCUT2D eigenvalue weighted by atomic mass is 32.1. The molecule has 0 aliphatic heterocycles. The van der Waals surface area contributed by atoms with Crippen LogP contribution in [0.25, 0.3) is 0 Å². The second kappa shape index (κ2) is 6.29. The van der Waals surface area contributed by atoms with Crippen LogP contribution in [0.5, 0.6) is 0 Å². The van der Waals surface area contributed by atoms with E-state index in [9.17, 15) is 0 Å². The van der Waals surface area contributed by atoms with E-state index in [1.165, 1.54) is 46.0 Å². The van der Waals surface area contributed by atoms with Gasteiger partial charge in [-0.2, -0.15) is 0 Å². The van der Waals surface area contributed by atoms with E-state index in [0.717, 1.165) is 6.54 Å². The van der Waals surface area contributed by atoms with Gasteiger partial charge in [0.1, 0.15) is 5.01 Å². The van der Waals surface area contributed by atoms with Crippen molar-refractivity contribution in [3.63, 3.8) is 0 Å². The van der Waals surface area contributed by atoms with Gasteiger partial charge in [-0.15, -0.1) is 11.3 Å². The van der Waals surface area contributed by atoms with Gasteiger partial charge < -0.3 is 5.32 Å². The van der Waals surface area contributed by atoms with E-state index in [0.29, 0.717) is 12.0 Å². The standard InChI is InChI=1S/C18H24N2S/c1-4-11-19-12(2)17-13(3)20-18(21-17)16-10-9-14-7-5-6-8-15(14)16/h5-8,12,16,19H,4,9-11H2,1-3H3. The van der Waals surface area contributed by atoms with Gasteiger partial charge in [0.25, 0.3) is 0 Å². The fourth-order valence-corrected chi connectivity index (χ4v) is 4.50. The van der Waals surface area contributed by atoms with Crippen molar-refractivity contribution in [2.75, 3.05) is 6.54 Å². The molecular formula is C18H24N2S. The molecule has 0 spiro atoms. The lowest BCUT2D eigenvalue weighted by atomic mass is 10.0. The minimum Gasteiger partial charge on any atom is -0.309 e. The van der Waals surface area contributed by atoms with Crippen molar-refractivity contribution in [1.82, 2.24) is 10.3 Å². The highest BCUT2D eigenvalue weighted by molar-refractivity contribution is 7.12. The maximum absolute atomic E-state index is 4.90. The topological polar surface area (TPSA) is 24.9 Å². The Morgan fingerprint density at radius 2 is 2.19 bits per heavy atom. The zero-order valence-corrected chi connectivity index (χ0v) is 14.0. The summed E-state index contributed by atoms with van der Waals surface area (Å²) >= 11 is 1.91. The van der Waals surface area contributed by atoms with Gasteiger partial charge in [0.15, 0.2) is 0 Å². The van der Waals surface area contributed by atoms with Gasteiger partial charge in [-0.1, -0.05) is 31.2 Å². The van der Waals surface area contributed by atoms with Crippen molar-refractivity contribution in [2.24, 2.45) is 0 Å². The summed E-state index contributed by atoms with van der Waals surface area (Å²) in [4.78, 5) is 6.30. The molecule has 2 atom stereocenters. The largest absolute Gasteiger partial charge is 0.309 e. The van der Waals surface area contributed by atoms with Gasteiger partial charge in [0.05, 0.1) is 5.69 Å². The zero-order valence-electron chi connectivity index (χ0n) is 13.1. The molecule has 1 aliphatic rings. The average molecular weight is 300 g/mol. The molecule has 1 aromatic heterocycles. The number of hydrogen-bond acceptors (Lipinski definition) is 3. The van der Waals surface area contributed by atoms with E-state index < -0.39 is 0 Å². The molecule has 1 aliphatic carbocycles. The second-order valence-corrected chi connectivity index (χ2v) is 7.03. The lowest BCUT2D eigenvalue weighted by Gasteiger charge is -2.11. The Balaban J connectivity index is 1.85. The van der Waals surface area contributed by atoms with Crippen LogP contribution in [0.2, 0.25) is 0 Å². The summed E-state index contributed by atoms with van der Waals surface area (Å²) in [5.74, 6) is 0.511. The van der Waals surface area contributed by atoms with Crippen LogP contribution in [0.3, 0.4) is 0 Å². The summed E-state index contributed by atoms with van der Waals surface area (Å²) in [5, 5.41) is 4.89. The van der Waals surface area contributed by atoms with Crippen molar-refractivity contribution in [2.45, 2.75) is 52.0 Å². The molecule has 0 saturated carbocycles. The first kappa shape index (κ1) is 14.7. The third-order valence-corrected chi connectivity index (χ3v) is 5.83. The zero-order chi connectivity index (χ0) is 14.8. The molecule has 0 radical (unpaired) electrons. The van der Waals surface area contributed by atoms with Crippen LogP contribution in [0.1, 0.15) is 65.4 Å². The molecule has 3 rings (SSSR count). The molecule has 2 unspecified atom stereocenters.